The Labute approximate surface area is 151 Å². The quantitative estimate of drug-likeness (QED) is 0.818. The minimum Gasteiger partial charge on any atom is -0.469 e. The van der Waals surface area contributed by atoms with Crippen LogP contribution in [0.25, 0.3) is 0 Å². The molecule has 1 amide bonds. The molecule has 2 aromatic rings. The van der Waals surface area contributed by atoms with Crippen molar-refractivity contribution in [1.29, 1.82) is 0 Å². The standard InChI is InChI=1S/C18H18N2O5S/c1-25-18(22)15-11-16(21)20(17(15)12-5-3-2-4-6-12)13-7-9-14(10-8-13)26(19,23)24/h2-10,15,17H,11H2,1H3,(H2,19,23,24)/t15-,17+/m1/s1. The lowest BCUT2D eigenvalue weighted by Crippen LogP contribution is -2.30. The summed E-state index contributed by atoms with van der Waals surface area (Å²) >= 11 is 0. The van der Waals surface area contributed by atoms with Crippen molar-refractivity contribution in [3.63, 3.8) is 0 Å². The number of ether oxygens (including phenoxy) is 1. The van der Waals surface area contributed by atoms with Crippen molar-refractivity contribution >= 4 is 27.6 Å². The zero-order valence-corrected chi connectivity index (χ0v) is 14.8. The Kier molecular flexibility index (Phi) is 4.80. The zero-order chi connectivity index (χ0) is 18.9. The lowest BCUT2D eigenvalue weighted by atomic mass is 9.93. The number of primary sulfonamides is 1. The van der Waals surface area contributed by atoms with E-state index < -0.39 is 28.0 Å². The Morgan fingerprint density at radius 3 is 2.27 bits per heavy atom. The summed E-state index contributed by atoms with van der Waals surface area (Å²) < 4.78 is 27.7. The van der Waals surface area contributed by atoms with Gasteiger partial charge in [-0.3, -0.25) is 9.59 Å². The van der Waals surface area contributed by atoms with Crippen LogP contribution in [0, 0.1) is 5.92 Å². The summed E-state index contributed by atoms with van der Waals surface area (Å²) in [5, 5.41) is 5.12. The minimum atomic E-state index is -3.83. The van der Waals surface area contributed by atoms with Crippen LogP contribution in [-0.4, -0.2) is 27.4 Å². The summed E-state index contributed by atoms with van der Waals surface area (Å²) in [6, 6.07) is 14.3. The molecule has 0 saturated carbocycles. The minimum absolute atomic E-state index is 0.0170. The Balaban J connectivity index is 2.06. The number of nitrogens with zero attached hydrogens (tertiary/aromatic N) is 1. The van der Waals surface area contributed by atoms with E-state index in [-0.39, 0.29) is 17.2 Å². The fourth-order valence-electron chi connectivity index (χ4n) is 3.23. The first-order valence-corrected chi connectivity index (χ1v) is 9.45. The van der Waals surface area contributed by atoms with Gasteiger partial charge in [0.2, 0.25) is 15.9 Å². The first-order chi connectivity index (χ1) is 12.3. The largest absolute Gasteiger partial charge is 0.469 e. The average Bonchev–Trinajstić information content (AvgIpc) is 2.98. The number of rotatable bonds is 4. The number of anilines is 1. The van der Waals surface area contributed by atoms with Crippen molar-refractivity contribution in [3.8, 4) is 0 Å². The molecule has 0 unspecified atom stereocenters. The van der Waals surface area contributed by atoms with Crippen molar-refractivity contribution in [2.45, 2.75) is 17.4 Å². The molecule has 1 aliphatic heterocycles. The maximum atomic E-state index is 12.6. The van der Waals surface area contributed by atoms with Crippen molar-refractivity contribution in [3.05, 3.63) is 60.2 Å². The van der Waals surface area contributed by atoms with Gasteiger partial charge in [-0.15, -0.1) is 0 Å². The van der Waals surface area contributed by atoms with Crippen LogP contribution in [-0.2, 0) is 24.3 Å². The third-order valence-electron chi connectivity index (χ3n) is 4.41. The second kappa shape index (κ2) is 6.89. The Morgan fingerprint density at radius 1 is 1.12 bits per heavy atom. The van der Waals surface area contributed by atoms with Gasteiger partial charge in [0.1, 0.15) is 0 Å². The number of carbonyl (C=O) groups is 2. The zero-order valence-electron chi connectivity index (χ0n) is 14.0. The summed E-state index contributed by atoms with van der Waals surface area (Å²) in [4.78, 5) is 26.3. The van der Waals surface area contributed by atoms with E-state index in [1.807, 2.05) is 30.3 Å². The van der Waals surface area contributed by atoms with Crippen LogP contribution < -0.4 is 10.0 Å². The summed E-state index contributed by atoms with van der Waals surface area (Å²) in [6.07, 6.45) is 0.0170. The van der Waals surface area contributed by atoms with Crippen LogP contribution in [0.3, 0.4) is 0 Å². The highest BCUT2D eigenvalue weighted by Gasteiger charge is 2.45. The molecule has 2 aromatic carbocycles. The van der Waals surface area contributed by atoms with Gasteiger partial charge in [0, 0.05) is 12.1 Å². The van der Waals surface area contributed by atoms with Gasteiger partial charge in [-0.05, 0) is 29.8 Å². The van der Waals surface area contributed by atoms with E-state index in [0.29, 0.717) is 5.69 Å². The molecule has 3 rings (SSSR count). The monoisotopic (exact) mass is 374 g/mol. The molecular formula is C18H18N2O5S. The molecule has 1 aliphatic rings. The lowest BCUT2D eigenvalue weighted by Gasteiger charge is -2.28. The van der Waals surface area contributed by atoms with Gasteiger partial charge in [-0.25, -0.2) is 13.6 Å². The number of amides is 1. The molecule has 26 heavy (non-hydrogen) atoms. The van der Waals surface area contributed by atoms with Gasteiger partial charge < -0.3 is 9.64 Å². The average molecular weight is 374 g/mol. The normalized spacial score (nSPS) is 20.2. The SMILES string of the molecule is COC(=O)[C@@H]1CC(=O)N(c2ccc(S(N)(=O)=O)cc2)[C@H]1c1ccccc1. The molecule has 2 N–H and O–H groups in total. The van der Waals surface area contributed by atoms with Gasteiger partial charge in [-0.1, -0.05) is 30.3 Å². The number of benzene rings is 2. The van der Waals surface area contributed by atoms with E-state index in [4.69, 9.17) is 9.88 Å². The highest BCUT2D eigenvalue weighted by atomic mass is 32.2. The number of sulfonamides is 1. The highest BCUT2D eigenvalue weighted by Crippen LogP contribution is 2.41. The predicted molar refractivity (Wildman–Crippen MR) is 94.6 cm³/mol. The van der Waals surface area contributed by atoms with Crippen LogP contribution in [0.5, 0.6) is 0 Å². The first kappa shape index (κ1) is 18.1. The van der Waals surface area contributed by atoms with E-state index in [0.717, 1.165) is 5.56 Å². The molecule has 0 aromatic heterocycles. The number of nitrogens with two attached hydrogens (primary N) is 1. The number of methoxy groups -OCH3 is 1. The van der Waals surface area contributed by atoms with E-state index in [9.17, 15) is 18.0 Å². The summed E-state index contributed by atoms with van der Waals surface area (Å²) in [5.41, 5.74) is 1.28. The maximum absolute atomic E-state index is 12.6. The maximum Gasteiger partial charge on any atom is 0.311 e. The molecule has 0 spiro atoms. The Bertz CT molecular complexity index is 926. The van der Waals surface area contributed by atoms with Crippen LogP contribution in [0.15, 0.2) is 59.5 Å². The Morgan fingerprint density at radius 2 is 1.73 bits per heavy atom. The fraction of sp³-hybridized carbons (Fsp3) is 0.222. The number of esters is 1. The molecule has 0 radical (unpaired) electrons. The van der Waals surface area contributed by atoms with Gasteiger partial charge >= 0.3 is 5.97 Å². The summed E-state index contributed by atoms with van der Waals surface area (Å²) in [7, 11) is -2.54. The van der Waals surface area contributed by atoms with Gasteiger partial charge in [0.25, 0.3) is 0 Å². The molecule has 2 atom stereocenters. The molecule has 1 heterocycles. The molecule has 7 nitrogen and oxygen atoms in total. The summed E-state index contributed by atoms with van der Waals surface area (Å²) in [6.45, 7) is 0. The molecule has 8 heteroatoms. The third-order valence-corrected chi connectivity index (χ3v) is 5.34. The van der Waals surface area contributed by atoms with Gasteiger partial charge in [-0.2, -0.15) is 0 Å². The van der Waals surface area contributed by atoms with Crippen LogP contribution in [0.1, 0.15) is 18.0 Å². The number of hydrogen-bond acceptors (Lipinski definition) is 5. The molecular weight excluding hydrogens is 356 g/mol. The summed E-state index contributed by atoms with van der Waals surface area (Å²) in [5.74, 6) is -1.35. The molecule has 0 bridgehead atoms. The van der Waals surface area contributed by atoms with Crippen LogP contribution in [0.4, 0.5) is 5.69 Å². The van der Waals surface area contributed by atoms with Crippen LogP contribution >= 0.6 is 0 Å². The topological polar surface area (TPSA) is 107 Å². The van der Waals surface area contributed by atoms with E-state index in [2.05, 4.69) is 0 Å². The third kappa shape index (κ3) is 3.33. The second-order valence-electron chi connectivity index (χ2n) is 5.99. The molecule has 0 aliphatic carbocycles. The van der Waals surface area contributed by atoms with Gasteiger partial charge in [0.05, 0.1) is 24.0 Å². The van der Waals surface area contributed by atoms with Crippen molar-refractivity contribution < 1.29 is 22.7 Å². The predicted octanol–water partition coefficient (Wildman–Crippen LogP) is 1.60. The molecule has 1 saturated heterocycles. The van der Waals surface area contributed by atoms with E-state index >= 15 is 0 Å². The van der Waals surface area contributed by atoms with Crippen molar-refractivity contribution in [2.75, 3.05) is 12.0 Å². The van der Waals surface area contributed by atoms with Crippen LogP contribution in [0.2, 0.25) is 0 Å². The fourth-order valence-corrected chi connectivity index (χ4v) is 3.74. The lowest BCUT2D eigenvalue weighted by molar-refractivity contribution is -0.146. The molecule has 136 valence electrons. The Hall–Kier alpha value is -2.71. The van der Waals surface area contributed by atoms with Crippen molar-refractivity contribution in [2.24, 2.45) is 11.1 Å². The first-order valence-electron chi connectivity index (χ1n) is 7.90. The highest BCUT2D eigenvalue weighted by molar-refractivity contribution is 7.89. The molecule has 1 fully saturated rings. The smallest absolute Gasteiger partial charge is 0.311 e. The van der Waals surface area contributed by atoms with E-state index in [1.54, 1.807) is 0 Å². The number of hydrogen-bond donors (Lipinski definition) is 1. The second-order valence-corrected chi connectivity index (χ2v) is 7.55. The van der Waals surface area contributed by atoms with E-state index in [1.165, 1.54) is 36.3 Å². The van der Waals surface area contributed by atoms with Gasteiger partial charge in [0.15, 0.2) is 0 Å². The number of carbonyl (C=O) groups excluding carboxylic acids is 2. The van der Waals surface area contributed by atoms with Crippen molar-refractivity contribution in [1.82, 2.24) is 0 Å².